The van der Waals surface area contributed by atoms with E-state index in [-0.39, 0.29) is 29.8 Å². The van der Waals surface area contributed by atoms with E-state index in [0.29, 0.717) is 6.42 Å². The van der Waals surface area contributed by atoms with Gasteiger partial charge in [0.2, 0.25) is 0 Å². The van der Waals surface area contributed by atoms with Gasteiger partial charge in [-0.25, -0.2) is 0 Å². The first-order valence-corrected chi connectivity index (χ1v) is 9.82. The van der Waals surface area contributed by atoms with E-state index in [1.807, 2.05) is 6.92 Å². The Hall–Kier alpha value is -0.910. The molecule has 2 N–H and O–H groups in total. The molecule has 3 aliphatic rings. The molecule has 0 unspecified atom stereocenters. The summed E-state index contributed by atoms with van der Waals surface area (Å²) in [5.74, 6) is -0.0745. The Kier molecular flexibility index (Phi) is 4.82. The van der Waals surface area contributed by atoms with Crippen LogP contribution in [0.25, 0.3) is 0 Å². The lowest BCUT2D eigenvalue weighted by molar-refractivity contribution is -0.293. The summed E-state index contributed by atoms with van der Waals surface area (Å²) >= 11 is 0. The van der Waals surface area contributed by atoms with Crippen molar-refractivity contribution < 1.29 is 24.5 Å². The van der Waals surface area contributed by atoms with Crippen LogP contribution in [0.1, 0.15) is 59.3 Å². The van der Waals surface area contributed by atoms with E-state index in [2.05, 4.69) is 20.4 Å². The van der Waals surface area contributed by atoms with E-state index >= 15 is 0 Å². The smallest absolute Gasteiger partial charge is 0.311 e. The van der Waals surface area contributed by atoms with Crippen LogP contribution in [0.15, 0.2) is 12.7 Å². The van der Waals surface area contributed by atoms with Crippen molar-refractivity contribution in [3.05, 3.63) is 12.7 Å². The maximum Gasteiger partial charge on any atom is 0.311 e. The maximum absolute atomic E-state index is 12.6. The number of carbonyl (C=O) groups excluding carboxylic acids is 1. The number of methoxy groups -OCH3 is 1. The largest absolute Gasteiger partial charge is 0.469 e. The molecule has 0 aromatic heterocycles. The second kappa shape index (κ2) is 6.32. The van der Waals surface area contributed by atoms with Crippen molar-refractivity contribution in [1.29, 1.82) is 0 Å². The number of fused-ring (bicyclic) bond motifs is 3. The molecule has 26 heavy (non-hydrogen) atoms. The summed E-state index contributed by atoms with van der Waals surface area (Å²) in [4.78, 5) is 12.6. The van der Waals surface area contributed by atoms with Gasteiger partial charge in [-0.15, -0.1) is 6.58 Å². The van der Waals surface area contributed by atoms with Gasteiger partial charge in [0.25, 0.3) is 0 Å². The van der Waals surface area contributed by atoms with Gasteiger partial charge in [0.05, 0.1) is 30.8 Å². The van der Waals surface area contributed by atoms with Crippen molar-refractivity contribution in [2.75, 3.05) is 13.7 Å². The first-order chi connectivity index (χ1) is 12.1. The fourth-order valence-corrected chi connectivity index (χ4v) is 6.92. The maximum atomic E-state index is 12.6. The Morgan fingerprint density at radius 3 is 2.58 bits per heavy atom. The van der Waals surface area contributed by atoms with Gasteiger partial charge in [-0.3, -0.25) is 4.79 Å². The fourth-order valence-electron chi connectivity index (χ4n) is 6.92. The predicted octanol–water partition coefficient (Wildman–Crippen LogP) is 2.84. The quantitative estimate of drug-likeness (QED) is 0.593. The van der Waals surface area contributed by atoms with Crippen molar-refractivity contribution in [2.45, 2.75) is 76.6 Å². The molecule has 0 aromatic carbocycles. The van der Waals surface area contributed by atoms with E-state index in [0.717, 1.165) is 32.1 Å². The Morgan fingerprint density at radius 2 is 2.00 bits per heavy atom. The molecule has 0 radical (unpaired) electrons. The summed E-state index contributed by atoms with van der Waals surface area (Å²) < 4.78 is 11.6. The fraction of sp³-hybridized carbons (Fsp3) is 0.857. The number of carbonyl (C=O) groups is 1. The Labute approximate surface area is 156 Å². The third-order valence-corrected chi connectivity index (χ3v) is 7.94. The van der Waals surface area contributed by atoms with Gasteiger partial charge in [-0.1, -0.05) is 19.4 Å². The van der Waals surface area contributed by atoms with Crippen LogP contribution in [0.3, 0.4) is 0 Å². The average molecular weight is 366 g/mol. The Morgan fingerprint density at radius 1 is 1.31 bits per heavy atom. The standard InChI is InChI=1S/C21H34O5/c1-6-21(13-22)12-14(23)16-18(2)9-7-10-19(3,17(24)25-5)15(18)8-11-20(16,4)26-21/h6,14-16,22-23H,1,7-13H2,2-5H3/t14-,15-,16-,18-,19+,20+,21-/m1/s1. The summed E-state index contributed by atoms with van der Waals surface area (Å²) in [5.41, 5.74) is -2.18. The molecule has 0 spiro atoms. The van der Waals surface area contributed by atoms with Crippen molar-refractivity contribution in [1.82, 2.24) is 0 Å². The zero-order chi connectivity index (χ0) is 19.4. The zero-order valence-corrected chi connectivity index (χ0v) is 16.6. The second-order valence-corrected chi connectivity index (χ2v) is 9.45. The summed E-state index contributed by atoms with van der Waals surface area (Å²) in [6.07, 6.45) is 5.68. The SMILES string of the molecule is C=C[C@]1(CO)C[C@@H](O)[C@@H]2[C@]3(C)CCC[C@](C)(C(=O)OC)[C@@H]3CC[C@]2(C)O1. The molecule has 0 aromatic rings. The highest BCUT2D eigenvalue weighted by molar-refractivity contribution is 5.77. The molecule has 2 saturated carbocycles. The van der Waals surface area contributed by atoms with Gasteiger partial charge in [-0.2, -0.15) is 0 Å². The van der Waals surface area contributed by atoms with Crippen LogP contribution in [0, 0.1) is 22.7 Å². The summed E-state index contributed by atoms with van der Waals surface area (Å²) in [6, 6.07) is 0. The normalized spacial score (nSPS) is 51.1. The minimum atomic E-state index is -0.895. The monoisotopic (exact) mass is 366 g/mol. The second-order valence-electron chi connectivity index (χ2n) is 9.45. The number of ether oxygens (including phenoxy) is 2. The first-order valence-electron chi connectivity index (χ1n) is 9.82. The van der Waals surface area contributed by atoms with Gasteiger partial charge in [0.1, 0.15) is 5.60 Å². The van der Waals surface area contributed by atoms with Gasteiger partial charge >= 0.3 is 5.97 Å². The predicted molar refractivity (Wildman–Crippen MR) is 98.4 cm³/mol. The molecular formula is C21H34O5. The number of aliphatic hydroxyl groups excluding tert-OH is 2. The lowest BCUT2D eigenvalue weighted by Crippen LogP contribution is -2.68. The number of hydrogen-bond acceptors (Lipinski definition) is 5. The molecular weight excluding hydrogens is 332 g/mol. The number of rotatable bonds is 3. The van der Waals surface area contributed by atoms with Gasteiger partial charge in [0.15, 0.2) is 0 Å². The molecule has 2 aliphatic carbocycles. The third kappa shape index (κ3) is 2.58. The van der Waals surface area contributed by atoms with E-state index in [1.54, 1.807) is 6.08 Å². The first kappa shape index (κ1) is 19.8. The Bertz CT molecular complexity index is 591. The molecule has 1 heterocycles. The highest BCUT2D eigenvalue weighted by Crippen LogP contribution is 2.65. The van der Waals surface area contributed by atoms with E-state index in [9.17, 15) is 15.0 Å². The van der Waals surface area contributed by atoms with Crippen molar-refractivity contribution in [2.24, 2.45) is 22.7 Å². The van der Waals surface area contributed by atoms with E-state index in [1.165, 1.54) is 7.11 Å². The molecule has 5 nitrogen and oxygen atoms in total. The lowest BCUT2D eigenvalue weighted by Gasteiger charge is -2.66. The molecule has 3 rings (SSSR count). The molecule has 0 amide bonds. The van der Waals surface area contributed by atoms with Gasteiger partial charge in [0, 0.05) is 12.3 Å². The minimum Gasteiger partial charge on any atom is -0.469 e. The van der Waals surface area contributed by atoms with Crippen LogP contribution in [0.2, 0.25) is 0 Å². The van der Waals surface area contributed by atoms with Gasteiger partial charge in [-0.05, 0) is 50.9 Å². The van der Waals surface area contributed by atoms with Crippen LogP contribution in [-0.4, -0.2) is 47.2 Å². The average Bonchev–Trinajstić information content (AvgIpc) is 2.59. The van der Waals surface area contributed by atoms with Crippen molar-refractivity contribution >= 4 is 5.97 Å². The highest BCUT2D eigenvalue weighted by Gasteiger charge is 2.66. The summed E-state index contributed by atoms with van der Waals surface area (Å²) in [7, 11) is 1.46. The zero-order valence-electron chi connectivity index (χ0n) is 16.6. The van der Waals surface area contributed by atoms with E-state index < -0.39 is 22.7 Å². The van der Waals surface area contributed by atoms with E-state index in [4.69, 9.17) is 9.47 Å². The van der Waals surface area contributed by atoms with Crippen LogP contribution < -0.4 is 0 Å². The van der Waals surface area contributed by atoms with Crippen molar-refractivity contribution in [3.8, 4) is 0 Å². The Balaban J connectivity index is 2.02. The van der Waals surface area contributed by atoms with Crippen LogP contribution in [0.5, 0.6) is 0 Å². The molecule has 5 heteroatoms. The minimum absolute atomic E-state index is 0.0855. The van der Waals surface area contributed by atoms with Crippen LogP contribution in [-0.2, 0) is 14.3 Å². The third-order valence-electron chi connectivity index (χ3n) is 7.94. The topological polar surface area (TPSA) is 76.0 Å². The lowest BCUT2D eigenvalue weighted by atomic mass is 9.43. The number of hydrogen-bond donors (Lipinski definition) is 2. The van der Waals surface area contributed by atoms with Crippen LogP contribution in [0.4, 0.5) is 0 Å². The molecule has 1 saturated heterocycles. The van der Waals surface area contributed by atoms with Gasteiger partial charge < -0.3 is 19.7 Å². The molecule has 0 bridgehead atoms. The summed E-state index contributed by atoms with van der Waals surface area (Å²) in [5, 5.41) is 21.1. The molecule has 148 valence electrons. The van der Waals surface area contributed by atoms with Crippen LogP contribution >= 0.6 is 0 Å². The number of aliphatic hydroxyl groups is 2. The van der Waals surface area contributed by atoms with Crippen molar-refractivity contribution in [3.63, 3.8) is 0 Å². The summed E-state index contributed by atoms with van der Waals surface area (Å²) in [6.45, 7) is 9.94. The molecule has 7 atom stereocenters. The number of esters is 1. The molecule has 3 fully saturated rings. The highest BCUT2D eigenvalue weighted by atomic mass is 16.5. The molecule has 1 aliphatic heterocycles.